The molecule has 10 nitrogen and oxygen atoms in total. The van der Waals surface area contributed by atoms with Crippen molar-refractivity contribution in [3.8, 4) is 0 Å². The van der Waals surface area contributed by atoms with Crippen LogP contribution in [0.15, 0.2) is 12.2 Å². The summed E-state index contributed by atoms with van der Waals surface area (Å²) in [6.45, 7) is 2.33. The number of phosphoric acid groups is 1. The fraction of sp³-hybridized carbons (Fsp3) is 0.900. The summed E-state index contributed by atoms with van der Waals surface area (Å²) in [5.41, 5.74) is 0. The van der Waals surface area contributed by atoms with Crippen LogP contribution in [0.3, 0.4) is 0 Å². The molecule has 0 aliphatic carbocycles. The Labute approximate surface area is 311 Å². The van der Waals surface area contributed by atoms with Gasteiger partial charge in [0, 0.05) is 12.8 Å². The molecule has 0 radical (unpaired) electrons. The van der Waals surface area contributed by atoms with Crippen molar-refractivity contribution in [3.05, 3.63) is 12.2 Å². The predicted octanol–water partition coefficient (Wildman–Crippen LogP) is 9.83. The Morgan fingerprint density at radius 3 is 1.45 bits per heavy atom. The highest BCUT2D eigenvalue weighted by Gasteiger charge is 2.36. The lowest BCUT2D eigenvalue weighted by Gasteiger charge is -2.24. The molecule has 0 saturated heterocycles. The average molecular weight is 749 g/mol. The van der Waals surface area contributed by atoms with E-state index in [0.29, 0.717) is 12.8 Å². The van der Waals surface area contributed by atoms with Crippen molar-refractivity contribution in [2.75, 3.05) is 19.8 Å². The Bertz CT molecular complexity index is 883. The molecule has 0 aliphatic rings. The number of phosphoric ester groups is 1. The molecule has 11 heteroatoms. The normalized spacial score (nSPS) is 14.8. The molecule has 0 amide bonds. The number of aliphatic hydroxyl groups is 3. The molecule has 4 atom stereocenters. The van der Waals surface area contributed by atoms with Gasteiger partial charge in [0.2, 0.25) is 0 Å². The highest BCUT2D eigenvalue weighted by Crippen LogP contribution is 2.45. The lowest BCUT2D eigenvalue weighted by atomic mass is 10.0. The van der Waals surface area contributed by atoms with Crippen LogP contribution < -0.4 is 0 Å². The third-order valence-electron chi connectivity index (χ3n) is 9.20. The first kappa shape index (κ1) is 49.9. The third kappa shape index (κ3) is 32.1. The summed E-state index contributed by atoms with van der Waals surface area (Å²) in [7, 11) is -4.90. The number of unbranched alkanes of at least 4 members (excludes halogenated alkanes) is 23. The Kier molecular flexibility index (Phi) is 35.1. The van der Waals surface area contributed by atoms with Crippen LogP contribution in [-0.4, -0.2) is 70.1 Å². The number of aliphatic hydroxyl groups excluding tert-OH is 3. The zero-order chi connectivity index (χ0) is 37.8. The number of ether oxygens (including phenoxy) is 1. The topological polar surface area (TPSA) is 160 Å². The molecular weight excluding hydrogens is 671 g/mol. The summed E-state index contributed by atoms with van der Waals surface area (Å²) < 4.78 is 27.7. The lowest BCUT2D eigenvalue weighted by molar-refractivity contribution is -0.153. The Morgan fingerprint density at radius 1 is 0.608 bits per heavy atom. The van der Waals surface area contributed by atoms with Gasteiger partial charge in [-0.05, 0) is 38.5 Å². The van der Waals surface area contributed by atoms with Crippen molar-refractivity contribution < 1.29 is 48.2 Å². The second-order valence-corrected chi connectivity index (χ2v) is 15.5. The van der Waals surface area contributed by atoms with Gasteiger partial charge in [-0.2, -0.15) is 0 Å². The van der Waals surface area contributed by atoms with E-state index in [1.54, 1.807) is 0 Å². The SMILES string of the molecule is CCCCCCCC/C=C\CCCCCCCC(=O)O[C@H](CO)COP(=O)(O)OC(C(=O)CCCCCCCCCCCCCCC)C(O)CO. The Morgan fingerprint density at radius 2 is 1.02 bits per heavy atom. The molecule has 0 bridgehead atoms. The number of hydrogen-bond acceptors (Lipinski definition) is 9. The molecule has 0 aliphatic heterocycles. The van der Waals surface area contributed by atoms with Crippen LogP contribution in [-0.2, 0) is 27.9 Å². The highest BCUT2D eigenvalue weighted by atomic mass is 31.2. The second-order valence-electron chi connectivity index (χ2n) is 14.1. The monoisotopic (exact) mass is 749 g/mol. The molecule has 0 fully saturated rings. The summed E-state index contributed by atoms with van der Waals surface area (Å²) in [5.74, 6) is -1.16. The van der Waals surface area contributed by atoms with Gasteiger partial charge in [0.1, 0.15) is 12.2 Å². The number of ketones is 1. The van der Waals surface area contributed by atoms with Crippen molar-refractivity contribution in [2.24, 2.45) is 0 Å². The Balaban J connectivity index is 4.20. The summed E-state index contributed by atoms with van der Waals surface area (Å²) in [4.78, 5) is 35.2. The number of allylic oxidation sites excluding steroid dienone is 2. The summed E-state index contributed by atoms with van der Waals surface area (Å²) in [6, 6.07) is 0. The predicted molar refractivity (Wildman–Crippen MR) is 205 cm³/mol. The first-order valence-electron chi connectivity index (χ1n) is 20.6. The van der Waals surface area contributed by atoms with Gasteiger partial charge in [-0.3, -0.25) is 18.6 Å². The van der Waals surface area contributed by atoms with E-state index in [1.807, 2.05) is 0 Å². The molecule has 0 rings (SSSR count). The van der Waals surface area contributed by atoms with E-state index in [0.717, 1.165) is 64.2 Å². The largest absolute Gasteiger partial charge is 0.473 e. The quantitative estimate of drug-likeness (QED) is 0.0206. The number of hydrogen-bond donors (Lipinski definition) is 4. The van der Waals surface area contributed by atoms with E-state index in [4.69, 9.17) is 13.8 Å². The van der Waals surface area contributed by atoms with Gasteiger partial charge in [0.15, 0.2) is 11.9 Å². The lowest BCUT2D eigenvalue weighted by Crippen LogP contribution is -2.38. The molecule has 0 spiro atoms. The number of carbonyl (C=O) groups excluding carboxylic acids is 2. The van der Waals surface area contributed by atoms with Crippen molar-refractivity contribution in [2.45, 2.75) is 212 Å². The maximum absolute atomic E-state index is 12.7. The van der Waals surface area contributed by atoms with Crippen LogP contribution in [0, 0.1) is 0 Å². The van der Waals surface area contributed by atoms with Crippen molar-refractivity contribution >= 4 is 19.6 Å². The standard InChI is InChI=1S/C40H77O10P/c1-3-5-7-9-11-13-15-17-18-20-22-24-26-28-30-32-39(45)49-36(33-41)35-48-51(46,47)50-40(38(44)34-42)37(43)31-29-27-25-23-21-19-16-14-12-10-8-6-4-2/h17-18,36,38,40-42,44H,3-16,19-35H2,1-2H3,(H,46,47)/b18-17-/t36-,38?,40?/m1/s1. The van der Waals surface area contributed by atoms with E-state index in [1.165, 1.54) is 89.9 Å². The van der Waals surface area contributed by atoms with Crippen LogP contribution in [0.5, 0.6) is 0 Å². The molecule has 4 N–H and O–H groups in total. The van der Waals surface area contributed by atoms with E-state index >= 15 is 0 Å². The zero-order valence-corrected chi connectivity index (χ0v) is 33.4. The van der Waals surface area contributed by atoms with E-state index in [9.17, 15) is 34.4 Å². The molecule has 0 aromatic rings. The van der Waals surface area contributed by atoms with Crippen LogP contribution in [0.2, 0.25) is 0 Å². The minimum Gasteiger partial charge on any atom is -0.457 e. The number of rotatable bonds is 39. The number of Topliss-reactive ketones (excluding diaryl/α,β-unsaturated/α-hetero) is 1. The number of carbonyl (C=O) groups is 2. The molecular formula is C40H77O10P. The highest BCUT2D eigenvalue weighted by molar-refractivity contribution is 7.47. The van der Waals surface area contributed by atoms with E-state index < -0.39 is 57.7 Å². The van der Waals surface area contributed by atoms with Gasteiger partial charge >= 0.3 is 13.8 Å². The molecule has 302 valence electrons. The van der Waals surface area contributed by atoms with Gasteiger partial charge < -0.3 is 24.9 Å². The maximum atomic E-state index is 12.7. The maximum Gasteiger partial charge on any atom is 0.473 e. The minimum absolute atomic E-state index is 0.0206. The van der Waals surface area contributed by atoms with Gasteiger partial charge in [-0.1, -0.05) is 154 Å². The fourth-order valence-electron chi connectivity index (χ4n) is 5.96. The molecule has 0 aromatic carbocycles. The first-order chi connectivity index (χ1) is 24.7. The van der Waals surface area contributed by atoms with Crippen LogP contribution in [0.25, 0.3) is 0 Å². The van der Waals surface area contributed by atoms with Gasteiger partial charge in [0.05, 0.1) is 19.8 Å². The fourth-order valence-corrected chi connectivity index (χ4v) is 6.92. The minimum atomic E-state index is -4.90. The molecule has 3 unspecified atom stereocenters. The van der Waals surface area contributed by atoms with Crippen molar-refractivity contribution in [1.82, 2.24) is 0 Å². The van der Waals surface area contributed by atoms with Crippen LogP contribution in [0.1, 0.15) is 194 Å². The first-order valence-corrected chi connectivity index (χ1v) is 22.1. The zero-order valence-electron chi connectivity index (χ0n) is 32.5. The van der Waals surface area contributed by atoms with Gasteiger partial charge in [-0.15, -0.1) is 0 Å². The second kappa shape index (κ2) is 35.9. The van der Waals surface area contributed by atoms with Crippen molar-refractivity contribution in [1.29, 1.82) is 0 Å². The molecule has 51 heavy (non-hydrogen) atoms. The van der Waals surface area contributed by atoms with E-state index in [2.05, 4.69) is 26.0 Å². The van der Waals surface area contributed by atoms with Crippen molar-refractivity contribution in [3.63, 3.8) is 0 Å². The van der Waals surface area contributed by atoms with E-state index in [-0.39, 0.29) is 12.8 Å². The third-order valence-corrected chi connectivity index (χ3v) is 10.2. The van der Waals surface area contributed by atoms with Crippen LogP contribution >= 0.6 is 7.82 Å². The van der Waals surface area contributed by atoms with Gasteiger partial charge in [0.25, 0.3) is 0 Å². The van der Waals surface area contributed by atoms with Crippen LogP contribution in [0.4, 0.5) is 0 Å². The molecule has 0 aromatic heterocycles. The summed E-state index contributed by atoms with van der Waals surface area (Å²) in [5, 5.41) is 29.2. The summed E-state index contributed by atoms with van der Waals surface area (Å²) in [6.07, 6.45) is 29.8. The molecule has 0 heterocycles. The number of esters is 1. The summed E-state index contributed by atoms with van der Waals surface area (Å²) >= 11 is 0. The molecule has 0 saturated carbocycles. The van der Waals surface area contributed by atoms with Gasteiger partial charge in [-0.25, -0.2) is 4.57 Å². The smallest absolute Gasteiger partial charge is 0.457 e. The average Bonchev–Trinajstić information content (AvgIpc) is 3.12. The Hall–Kier alpha value is -1.13.